The Balaban J connectivity index is 1.51. The smallest absolute Gasteiger partial charge is 0.440 e. The summed E-state index contributed by atoms with van der Waals surface area (Å²) in [4.78, 5) is 62.4. The molecule has 2 N–H and O–H groups in total. The van der Waals surface area contributed by atoms with Gasteiger partial charge in [-0.25, -0.2) is 24.3 Å². The summed E-state index contributed by atoms with van der Waals surface area (Å²) in [7, 11) is 0. The minimum atomic E-state index is -1.36. The standard InChI is InChI=1S/C32H38N4O7/c1-19(22-14-10-12-21-11-8-9-13-23(21)22)34-29(40)35-26(28(38)39)24(27(35)37)17-20-15-16-33-25(18-20)36(43-32(5,6)7)30(41)42-31(2,3)4/h8-16,18-19,24,26H,17H2,1-7H3,(H,34,40)(H,38,39)/t19-,24-,26+/m1/s1. The Morgan fingerprint density at radius 2 is 1.70 bits per heavy atom. The van der Waals surface area contributed by atoms with Crippen molar-refractivity contribution in [1.82, 2.24) is 15.2 Å². The summed E-state index contributed by atoms with van der Waals surface area (Å²) in [6.45, 7) is 12.2. The second-order valence-corrected chi connectivity index (χ2v) is 12.5. The van der Waals surface area contributed by atoms with E-state index in [0.717, 1.165) is 26.3 Å². The number of rotatable bonds is 7. The number of carboxylic acids is 1. The van der Waals surface area contributed by atoms with E-state index in [1.807, 2.05) is 42.5 Å². The number of carbonyl (C=O) groups excluding carboxylic acids is 3. The van der Waals surface area contributed by atoms with E-state index in [9.17, 15) is 24.3 Å². The van der Waals surface area contributed by atoms with Crippen LogP contribution in [0.1, 0.15) is 65.6 Å². The second-order valence-electron chi connectivity index (χ2n) is 12.5. The van der Waals surface area contributed by atoms with E-state index in [1.165, 1.54) is 12.3 Å². The first kappa shape index (κ1) is 31.4. The van der Waals surface area contributed by atoms with Crippen LogP contribution in [0.4, 0.5) is 15.4 Å². The maximum Gasteiger partial charge on any atom is 0.440 e. The zero-order valence-corrected chi connectivity index (χ0v) is 25.5. The van der Waals surface area contributed by atoms with Crippen LogP contribution in [0, 0.1) is 5.92 Å². The molecule has 3 atom stereocenters. The Morgan fingerprint density at radius 3 is 2.35 bits per heavy atom. The number of amides is 4. The molecule has 0 aliphatic carbocycles. The zero-order chi connectivity index (χ0) is 31.7. The topological polar surface area (TPSA) is 138 Å². The number of hydrogen-bond donors (Lipinski definition) is 2. The summed E-state index contributed by atoms with van der Waals surface area (Å²) in [5.41, 5.74) is -0.190. The zero-order valence-electron chi connectivity index (χ0n) is 25.5. The van der Waals surface area contributed by atoms with Gasteiger partial charge in [-0.05, 0) is 88.9 Å². The van der Waals surface area contributed by atoms with Crippen LogP contribution in [0.15, 0.2) is 60.8 Å². The van der Waals surface area contributed by atoms with Crippen molar-refractivity contribution >= 4 is 40.6 Å². The first-order valence-electron chi connectivity index (χ1n) is 14.1. The Hall–Kier alpha value is -4.51. The number of aliphatic carboxylic acids is 1. The molecule has 0 radical (unpaired) electrons. The third kappa shape index (κ3) is 7.29. The van der Waals surface area contributed by atoms with Crippen LogP contribution >= 0.6 is 0 Å². The van der Waals surface area contributed by atoms with Gasteiger partial charge >= 0.3 is 18.1 Å². The van der Waals surface area contributed by atoms with Gasteiger partial charge in [0.2, 0.25) is 5.91 Å². The fourth-order valence-electron chi connectivity index (χ4n) is 4.92. The second kappa shape index (κ2) is 12.0. The van der Waals surface area contributed by atoms with Crippen LogP contribution in [-0.4, -0.2) is 56.2 Å². The molecule has 1 aliphatic heterocycles. The van der Waals surface area contributed by atoms with Crippen LogP contribution in [-0.2, 0) is 25.6 Å². The van der Waals surface area contributed by atoms with Gasteiger partial charge in [0.05, 0.1) is 17.6 Å². The summed E-state index contributed by atoms with van der Waals surface area (Å²) in [6, 6.07) is 14.0. The van der Waals surface area contributed by atoms with Crippen molar-refractivity contribution in [3.63, 3.8) is 0 Å². The monoisotopic (exact) mass is 590 g/mol. The number of pyridine rings is 1. The van der Waals surface area contributed by atoms with Gasteiger partial charge < -0.3 is 15.2 Å². The molecule has 43 heavy (non-hydrogen) atoms. The van der Waals surface area contributed by atoms with Crippen molar-refractivity contribution in [3.8, 4) is 0 Å². The minimum Gasteiger partial charge on any atom is -0.480 e. The number of benzene rings is 2. The number of anilines is 1. The Kier molecular flexibility index (Phi) is 8.77. The maximum absolute atomic E-state index is 13.2. The van der Waals surface area contributed by atoms with Gasteiger partial charge in [0, 0.05) is 6.20 Å². The molecule has 0 saturated carbocycles. The first-order valence-corrected chi connectivity index (χ1v) is 14.1. The molecule has 1 fully saturated rings. The predicted molar refractivity (Wildman–Crippen MR) is 160 cm³/mol. The Bertz CT molecular complexity index is 1540. The first-order chi connectivity index (χ1) is 20.1. The molecule has 228 valence electrons. The SMILES string of the molecule is C[C@@H](NC(=O)N1C(=O)[C@H](Cc2ccnc(N(OC(C)(C)C)C(=O)OC(C)(C)C)c2)[C@H]1C(=O)O)c1cccc2ccccc12. The highest BCUT2D eigenvalue weighted by atomic mass is 16.7. The van der Waals surface area contributed by atoms with Gasteiger partial charge in [0.15, 0.2) is 11.9 Å². The highest BCUT2D eigenvalue weighted by Gasteiger charge is 2.54. The Morgan fingerprint density at radius 1 is 1.02 bits per heavy atom. The van der Waals surface area contributed by atoms with Gasteiger partial charge in [0.25, 0.3) is 0 Å². The van der Waals surface area contributed by atoms with Crippen molar-refractivity contribution in [2.45, 2.75) is 78.2 Å². The van der Waals surface area contributed by atoms with Gasteiger partial charge in [-0.15, -0.1) is 5.06 Å². The lowest BCUT2D eigenvalue weighted by atomic mass is 9.82. The maximum atomic E-state index is 13.2. The highest BCUT2D eigenvalue weighted by Crippen LogP contribution is 2.33. The molecule has 0 spiro atoms. The summed E-state index contributed by atoms with van der Waals surface area (Å²) >= 11 is 0. The number of hydrogen-bond acceptors (Lipinski definition) is 7. The van der Waals surface area contributed by atoms with E-state index in [0.29, 0.717) is 5.56 Å². The molecule has 2 heterocycles. The Labute approximate surface area is 250 Å². The quantitative estimate of drug-likeness (QED) is 0.267. The molecule has 1 saturated heterocycles. The molecule has 11 nitrogen and oxygen atoms in total. The number of ether oxygens (including phenoxy) is 1. The normalized spacial score (nSPS) is 17.7. The molecular weight excluding hydrogens is 552 g/mol. The molecule has 2 aromatic carbocycles. The van der Waals surface area contributed by atoms with Crippen LogP contribution in [0.2, 0.25) is 0 Å². The number of aromatic nitrogens is 1. The van der Waals surface area contributed by atoms with E-state index in [4.69, 9.17) is 9.57 Å². The number of urea groups is 1. The van der Waals surface area contributed by atoms with Gasteiger partial charge in [0.1, 0.15) is 5.60 Å². The van der Waals surface area contributed by atoms with E-state index >= 15 is 0 Å². The van der Waals surface area contributed by atoms with Crippen molar-refractivity contribution in [1.29, 1.82) is 0 Å². The number of nitrogens with one attached hydrogen (secondary N) is 1. The molecule has 4 rings (SSSR count). The van der Waals surface area contributed by atoms with Crippen LogP contribution in [0.5, 0.6) is 0 Å². The van der Waals surface area contributed by atoms with Crippen molar-refractivity contribution < 1.29 is 33.9 Å². The average molecular weight is 591 g/mol. The largest absolute Gasteiger partial charge is 0.480 e. The summed E-state index contributed by atoms with van der Waals surface area (Å²) in [6.07, 6.45) is 0.660. The van der Waals surface area contributed by atoms with Crippen molar-refractivity contribution in [3.05, 3.63) is 71.9 Å². The number of fused-ring (bicyclic) bond motifs is 1. The lowest BCUT2D eigenvalue weighted by Crippen LogP contribution is -2.68. The average Bonchev–Trinajstić information content (AvgIpc) is 2.91. The summed E-state index contributed by atoms with van der Waals surface area (Å²) < 4.78 is 5.49. The van der Waals surface area contributed by atoms with Crippen molar-refractivity contribution in [2.75, 3.05) is 5.06 Å². The molecule has 0 bridgehead atoms. The number of nitrogens with zero attached hydrogens (tertiary/aromatic N) is 3. The number of imide groups is 1. The third-order valence-electron chi connectivity index (χ3n) is 6.71. The third-order valence-corrected chi connectivity index (χ3v) is 6.71. The van der Waals surface area contributed by atoms with E-state index in [-0.39, 0.29) is 12.2 Å². The summed E-state index contributed by atoms with van der Waals surface area (Å²) in [5.74, 6) is -2.79. The predicted octanol–water partition coefficient (Wildman–Crippen LogP) is 5.63. The molecule has 1 aliphatic rings. The van der Waals surface area contributed by atoms with Crippen LogP contribution in [0.3, 0.4) is 0 Å². The number of carboxylic acid groups (broad SMARTS) is 1. The number of likely N-dealkylation sites (tertiary alicyclic amines) is 1. The highest BCUT2D eigenvalue weighted by molar-refractivity contribution is 6.07. The van der Waals surface area contributed by atoms with E-state index in [2.05, 4.69) is 10.3 Å². The van der Waals surface area contributed by atoms with Gasteiger partial charge in [-0.1, -0.05) is 42.5 Å². The van der Waals surface area contributed by atoms with Gasteiger partial charge in [-0.2, -0.15) is 0 Å². The molecule has 0 unspecified atom stereocenters. The molecule has 3 aromatic rings. The van der Waals surface area contributed by atoms with Gasteiger partial charge in [-0.3, -0.25) is 9.63 Å². The lowest BCUT2D eigenvalue weighted by Gasteiger charge is -2.43. The van der Waals surface area contributed by atoms with E-state index in [1.54, 1.807) is 54.5 Å². The van der Waals surface area contributed by atoms with E-state index < -0.39 is 53.2 Å². The number of β-lactam (4-membered cyclic amide) rings is 1. The number of carbonyl (C=O) groups is 4. The molecular formula is C32H38N4O7. The molecule has 1 aromatic heterocycles. The van der Waals surface area contributed by atoms with Crippen LogP contribution in [0.25, 0.3) is 10.8 Å². The summed E-state index contributed by atoms with van der Waals surface area (Å²) in [5, 5.41) is 15.7. The molecule has 11 heteroatoms. The molecule has 4 amide bonds. The van der Waals surface area contributed by atoms with Crippen molar-refractivity contribution in [2.24, 2.45) is 5.92 Å². The van der Waals surface area contributed by atoms with Crippen LogP contribution < -0.4 is 10.4 Å². The minimum absolute atomic E-state index is 0.00561. The number of hydroxylamine groups is 1. The fraction of sp³-hybridized carbons (Fsp3) is 0.406. The lowest BCUT2D eigenvalue weighted by molar-refractivity contribution is -0.165. The fourth-order valence-corrected chi connectivity index (χ4v) is 4.92.